The average Bonchev–Trinajstić information content (AvgIpc) is 2.85. The molecule has 0 aliphatic carbocycles. The second-order valence-electron chi connectivity index (χ2n) is 4.52. The van der Waals surface area contributed by atoms with Crippen LogP contribution in [0.4, 0.5) is 23.0 Å². The van der Waals surface area contributed by atoms with Crippen LogP contribution in [0.5, 0.6) is 0 Å². The normalized spacial score (nSPS) is 13.4. The van der Waals surface area contributed by atoms with Crippen LogP contribution in [0.1, 0.15) is 12.5 Å². The van der Waals surface area contributed by atoms with Crippen molar-refractivity contribution in [1.29, 1.82) is 0 Å². The van der Waals surface area contributed by atoms with Crippen LogP contribution in [-0.2, 0) is 6.42 Å². The summed E-state index contributed by atoms with van der Waals surface area (Å²) in [5.74, 6) is 1.49. The zero-order chi connectivity index (χ0) is 13.2. The highest BCUT2D eigenvalue weighted by atomic mass is 15.2. The van der Waals surface area contributed by atoms with E-state index < -0.39 is 0 Å². The molecule has 1 aliphatic rings. The molecule has 5 nitrogen and oxygen atoms in total. The molecule has 0 saturated heterocycles. The predicted octanol–water partition coefficient (Wildman–Crippen LogP) is 2.18. The zero-order valence-electron chi connectivity index (χ0n) is 10.9. The van der Waals surface area contributed by atoms with E-state index in [1.165, 1.54) is 11.3 Å². The monoisotopic (exact) mass is 255 g/mol. The molecule has 5 heteroatoms. The van der Waals surface area contributed by atoms with E-state index in [0.717, 1.165) is 25.3 Å². The Morgan fingerprint density at radius 2 is 2.16 bits per heavy atom. The highest BCUT2D eigenvalue weighted by molar-refractivity contribution is 5.81. The molecule has 1 aliphatic heterocycles. The minimum Gasteiger partial charge on any atom is -0.393 e. The van der Waals surface area contributed by atoms with Crippen LogP contribution in [0, 0.1) is 0 Å². The van der Waals surface area contributed by atoms with E-state index in [-0.39, 0.29) is 0 Å². The Hall–Kier alpha value is -2.30. The number of nitrogen functional groups attached to an aromatic ring is 1. The van der Waals surface area contributed by atoms with Gasteiger partial charge in [-0.1, -0.05) is 18.2 Å². The summed E-state index contributed by atoms with van der Waals surface area (Å²) < 4.78 is 0. The lowest BCUT2D eigenvalue weighted by molar-refractivity contribution is 0.965. The van der Waals surface area contributed by atoms with Crippen LogP contribution in [0.3, 0.4) is 0 Å². The Labute approximate surface area is 112 Å². The fourth-order valence-electron chi connectivity index (χ4n) is 2.47. The van der Waals surface area contributed by atoms with E-state index in [9.17, 15) is 0 Å². The molecule has 3 rings (SSSR count). The predicted molar refractivity (Wildman–Crippen MR) is 77.8 cm³/mol. The molecule has 0 saturated carbocycles. The van der Waals surface area contributed by atoms with Crippen LogP contribution in [0.15, 0.2) is 30.6 Å². The van der Waals surface area contributed by atoms with Gasteiger partial charge in [0, 0.05) is 18.8 Å². The summed E-state index contributed by atoms with van der Waals surface area (Å²) in [6.07, 6.45) is 2.58. The van der Waals surface area contributed by atoms with Crippen molar-refractivity contribution in [3.63, 3.8) is 0 Å². The van der Waals surface area contributed by atoms with Crippen LogP contribution >= 0.6 is 0 Å². The SMILES string of the molecule is CCNc1ncnc(N2CCc3ccccc32)c1N. The molecule has 19 heavy (non-hydrogen) atoms. The molecule has 0 bridgehead atoms. The van der Waals surface area contributed by atoms with Gasteiger partial charge < -0.3 is 16.0 Å². The number of benzene rings is 1. The number of anilines is 4. The number of hydrogen-bond donors (Lipinski definition) is 2. The fourth-order valence-corrected chi connectivity index (χ4v) is 2.47. The zero-order valence-corrected chi connectivity index (χ0v) is 10.9. The van der Waals surface area contributed by atoms with Gasteiger partial charge in [-0.05, 0) is 25.0 Å². The summed E-state index contributed by atoms with van der Waals surface area (Å²) in [5, 5.41) is 3.16. The van der Waals surface area contributed by atoms with Crippen molar-refractivity contribution in [2.75, 3.05) is 29.0 Å². The van der Waals surface area contributed by atoms with Crippen molar-refractivity contribution in [3.05, 3.63) is 36.2 Å². The molecular weight excluding hydrogens is 238 g/mol. The lowest BCUT2D eigenvalue weighted by atomic mass is 10.2. The smallest absolute Gasteiger partial charge is 0.161 e. The number of hydrogen-bond acceptors (Lipinski definition) is 5. The van der Waals surface area contributed by atoms with E-state index in [4.69, 9.17) is 5.73 Å². The van der Waals surface area contributed by atoms with Gasteiger partial charge in [0.1, 0.15) is 12.0 Å². The first-order chi connectivity index (χ1) is 9.31. The number of nitrogens with zero attached hydrogens (tertiary/aromatic N) is 3. The number of nitrogens with two attached hydrogens (primary N) is 1. The second kappa shape index (κ2) is 4.76. The van der Waals surface area contributed by atoms with Gasteiger partial charge >= 0.3 is 0 Å². The Morgan fingerprint density at radius 3 is 3.00 bits per heavy atom. The third-order valence-corrected chi connectivity index (χ3v) is 3.35. The molecule has 0 fully saturated rings. The highest BCUT2D eigenvalue weighted by Crippen LogP contribution is 2.37. The van der Waals surface area contributed by atoms with Crippen LogP contribution in [0.2, 0.25) is 0 Å². The third kappa shape index (κ3) is 1.97. The van der Waals surface area contributed by atoms with E-state index in [2.05, 4.69) is 38.4 Å². The minimum atomic E-state index is 0.612. The lowest BCUT2D eigenvalue weighted by Crippen LogP contribution is -2.18. The van der Waals surface area contributed by atoms with E-state index in [1.807, 2.05) is 13.0 Å². The number of fused-ring (bicyclic) bond motifs is 1. The van der Waals surface area contributed by atoms with Crippen molar-refractivity contribution >= 4 is 23.0 Å². The van der Waals surface area contributed by atoms with Gasteiger partial charge in [0.15, 0.2) is 11.6 Å². The first-order valence-electron chi connectivity index (χ1n) is 6.51. The van der Waals surface area contributed by atoms with Crippen LogP contribution in [-0.4, -0.2) is 23.1 Å². The summed E-state index contributed by atoms with van der Waals surface area (Å²) in [5.41, 5.74) is 9.32. The van der Waals surface area contributed by atoms with Crippen LogP contribution in [0.25, 0.3) is 0 Å². The van der Waals surface area contributed by atoms with Gasteiger partial charge in [0.2, 0.25) is 0 Å². The third-order valence-electron chi connectivity index (χ3n) is 3.35. The van der Waals surface area contributed by atoms with Crippen molar-refractivity contribution in [2.45, 2.75) is 13.3 Å². The van der Waals surface area contributed by atoms with Gasteiger partial charge in [0.25, 0.3) is 0 Å². The highest BCUT2D eigenvalue weighted by Gasteiger charge is 2.23. The molecule has 0 atom stereocenters. The molecule has 0 radical (unpaired) electrons. The summed E-state index contributed by atoms with van der Waals surface area (Å²) in [6, 6.07) is 8.37. The Balaban J connectivity index is 2.02. The first-order valence-corrected chi connectivity index (χ1v) is 6.51. The van der Waals surface area contributed by atoms with Gasteiger partial charge in [-0.3, -0.25) is 0 Å². The summed E-state index contributed by atoms with van der Waals surface area (Å²) in [6.45, 7) is 3.72. The number of aromatic nitrogens is 2. The maximum Gasteiger partial charge on any atom is 0.161 e. The Kier molecular flexibility index (Phi) is 2.95. The van der Waals surface area contributed by atoms with Crippen molar-refractivity contribution < 1.29 is 0 Å². The van der Waals surface area contributed by atoms with Crippen molar-refractivity contribution in [3.8, 4) is 0 Å². The van der Waals surface area contributed by atoms with E-state index in [1.54, 1.807) is 6.33 Å². The van der Waals surface area contributed by atoms with Crippen molar-refractivity contribution in [2.24, 2.45) is 0 Å². The maximum absolute atomic E-state index is 6.18. The molecule has 1 aromatic carbocycles. The molecule has 2 aromatic rings. The lowest BCUT2D eigenvalue weighted by Gasteiger charge is -2.21. The van der Waals surface area contributed by atoms with Gasteiger partial charge in [-0.2, -0.15) is 0 Å². The Bertz CT molecular complexity index is 596. The van der Waals surface area contributed by atoms with Gasteiger partial charge in [-0.25, -0.2) is 9.97 Å². The standard InChI is InChI=1S/C14H17N5/c1-2-16-13-12(15)14(18-9-17-13)19-8-7-10-5-3-4-6-11(10)19/h3-6,9H,2,7-8,15H2,1H3,(H,16,17,18). The maximum atomic E-state index is 6.18. The number of para-hydroxylation sites is 1. The van der Waals surface area contributed by atoms with Gasteiger partial charge in [-0.15, -0.1) is 0 Å². The molecule has 0 unspecified atom stereocenters. The molecular formula is C14H17N5. The molecule has 3 N–H and O–H groups in total. The summed E-state index contributed by atoms with van der Waals surface area (Å²) >= 11 is 0. The number of rotatable bonds is 3. The first kappa shape index (κ1) is 11.8. The molecule has 0 amide bonds. The molecule has 1 aromatic heterocycles. The topological polar surface area (TPSA) is 67.1 Å². The quantitative estimate of drug-likeness (QED) is 0.880. The van der Waals surface area contributed by atoms with E-state index in [0.29, 0.717) is 11.5 Å². The minimum absolute atomic E-state index is 0.612. The molecule has 2 heterocycles. The van der Waals surface area contributed by atoms with E-state index >= 15 is 0 Å². The molecule has 98 valence electrons. The largest absolute Gasteiger partial charge is 0.393 e. The molecule has 0 spiro atoms. The Morgan fingerprint density at radius 1 is 1.32 bits per heavy atom. The fraction of sp³-hybridized carbons (Fsp3) is 0.286. The van der Waals surface area contributed by atoms with Crippen molar-refractivity contribution in [1.82, 2.24) is 9.97 Å². The average molecular weight is 255 g/mol. The van der Waals surface area contributed by atoms with Gasteiger partial charge in [0.05, 0.1) is 0 Å². The second-order valence-corrected chi connectivity index (χ2v) is 4.52. The number of nitrogens with one attached hydrogen (secondary N) is 1. The van der Waals surface area contributed by atoms with Crippen LogP contribution < -0.4 is 16.0 Å². The summed E-state index contributed by atoms with van der Waals surface area (Å²) in [7, 11) is 0. The summed E-state index contributed by atoms with van der Waals surface area (Å²) in [4.78, 5) is 10.7.